The van der Waals surface area contributed by atoms with Gasteiger partial charge in [0.05, 0.1) is 0 Å². The Morgan fingerprint density at radius 2 is 1.36 bits per heavy atom. The monoisotopic (exact) mass is 227 g/mol. The summed E-state index contributed by atoms with van der Waals surface area (Å²) in [5, 5.41) is -1.64. The molecule has 0 amide bonds. The Kier molecular flexibility index (Phi) is 2.66. The Morgan fingerprint density at radius 3 is 1.64 bits per heavy atom. The highest BCUT2D eigenvalue weighted by atomic mass is 35.5. The van der Waals surface area contributed by atoms with Crippen molar-refractivity contribution in [3.8, 4) is 0 Å². The average molecular weight is 228 g/mol. The summed E-state index contributed by atoms with van der Waals surface area (Å²) < 4.78 is 50.9. The number of anilines is 1. The van der Waals surface area contributed by atoms with Crippen LogP contribution in [-0.4, -0.2) is 5.24 Å². The second kappa shape index (κ2) is 3.45. The maximum Gasteiger partial charge on any atom is 0.258 e. The zero-order chi connectivity index (χ0) is 11.0. The van der Waals surface area contributed by atoms with E-state index in [2.05, 4.69) is 5.73 Å². The minimum Gasteiger partial charge on any atom is -0.394 e. The summed E-state index contributed by atoms with van der Waals surface area (Å²) in [5.41, 5.74) is 1.85. The van der Waals surface area contributed by atoms with Crippen LogP contribution in [0.2, 0.25) is 0 Å². The third-order valence-electron chi connectivity index (χ3n) is 1.49. The average Bonchev–Trinajstić information content (AvgIpc) is 2.11. The van der Waals surface area contributed by atoms with Gasteiger partial charge in [0.1, 0.15) is 11.3 Å². The normalized spacial score (nSPS) is 10.4. The Balaban J connectivity index is 3.68. The van der Waals surface area contributed by atoms with Crippen molar-refractivity contribution in [2.45, 2.75) is 0 Å². The smallest absolute Gasteiger partial charge is 0.258 e. The molecule has 0 spiro atoms. The van der Waals surface area contributed by atoms with Crippen LogP contribution in [-0.2, 0) is 0 Å². The van der Waals surface area contributed by atoms with E-state index in [1.165, 1.54) is 0 Å². The predicted octanol–water partition coefficient (Wildman–Crippen LogP) is 2.20. The Hall–Kier alpha value is -1.30. The second-order valence-corrected chi connectivity index (χ2v) is 2.66. The number of carbonyl (C=O) groups excluding carboxylic acids is 1. The fourth-order valence-corrected chi connectivity index (χ4v) is 0.987. The molecule has 76 valence electrons. The summed E-state index contributed by atoms with van der Waals surface area (Å²) in [4.78, 5) is 10.4. The van der Waals surface area contributed by atoms with Crippen LogP contribution in [0.3, 0.4) is 0 Å². The van der Waals surface area contributed by atoms with Crippen molar-refractivity contribution in [3.63, 3.8) is 0 Å². The Morgan fingerprint density at radius 1 is 1.00 bits per heavy atom. The molecule has 2 N–H and O–H groups in total. The Labute approximate surface area is 80.3 Å². The number of hydrogen-bond acceptors (Lipinski definition) is 2. The number of nitrogen functional groups attached to an aromatic ring is 1. The lowest BCUT2D eigenvalue weighted by molar-refractivity contribution is 0.107. The first kappa shape index (κ1) is 10.8. The van der Waals surface area contributed by atoms with Crippen LogP contribution in [0, 0.1) is 23.3 Å². The van der Waals surface area contributed by atoms with Gasteiger partial charge >= 0.3 is 0 Å². The summed E-state index contributed by atoms with van der Waals surface area (Å²) in [5.74, 6) is -7.48. The minimum absolute atomic E-state index is 1.33. The number of rotatable bonds is 1. The molecular weight excluding hydrogens is 226 g/mol. The van der Waals surface area contributed by atoms with Gasteiger partial charge in [0.25, 0.3) is 5.24 Å². The van der Waals surface area contributed by atoms with Crippen molar-refractivity contribution in [3.05, 3.63) is 28.8 Å². The topological polar surface area (TPSA) is 43.1 Å². The molecule has 0 aliphatic carbocycles. The molecule has 2 nitrogen and oxygen atoms in total. The third-order valence-corrected chi connectivity index (χ3v) is 1.68. The van der Waals surface area contributed by atoms with Crippen molar-refractivity contribution < 1.29 is 22.4 Å². The molecule has 0 atom stereocenters. The molecule has 0 fully saturated rings. The zero-order valence-corrected chi connectivity index (χ0v) is 7.13. The van der Waals surface area contributed by atoms with Crippen LogP contribution in [0.4, 0.5) is 23.2 Å². The third kappa shape index (κ3) is 1.41. The summed E-state index contributed by atoms with van der Waals surface area (Å²) in [6.07, 6.45) is 0. The summed E-state index contributed by atoms with van der Waals surface area (Å²) in [6.45, 7) is 0. The van der Waals surface area contributed by atoms with E-state index in [1.54, 1.807) is 0 Å². The SMILES string of the molecule is Nc1c(F)c(F)c(C(=O)Cl)c(F)c1F. The number of benzene rings is 1. The summed E-state index contributed by atoms with van der Waals surface area (Å²) in [6, 6.07) is 0. The highest BCUT2D eigenvalue weighted by Gasteiger charge is 2.27. The van der Waals surface area contributed by atoms with Gasteiger partial charge in [-0.15, -0.1) is 0 Å². The van der Waals surface area contributed by atoms with E-state index in [4.69, 9.17) is 11.6 Å². The van der Waals surface area contributed by atoms with E-state index >= 15 is 0 Å². The molecule has 0 radical (unpaired) electrons. The molecule has 14 heavy (non-hydrogen) atoms. The number of hydrogen-bond donors (Lipinski definition) is 1. The molecule has 0 aliphatic rings. The van der Waals surface area contributed by atoms with Crippen LogP contribution in [0.1, 0.15) is 10.4 Å². The largest absolute Gasteiger partial charge is 0.394 e. The standard InChI is InChI=1S/C7H2ClF4NO/c8-7(14)1-2(9)4(11)6(13)5(12)3(1)10/h13H2. The fraction of sp³-hybridized carbons (Fsp3) is 0. The first-order valence-electron chi connectivity index (χ1n) is 3.19. The minimum atomic E-state index is -1.90. The van der Waals surface area contributed by atoms with Gasteiger partial charge in [0.15, 0.2) is 23.3 Å². The van der Waals surface area contributed by atoms with Crippen molar-refractivity contribution in [1.82, 2.24) is 0 Å². The van der Waals surface area contributed by atoms with Crippen molar-refractivity contribution in [1.29, 1.82) is 0 Å². The van der Waals surface area contributed by atoms with Gasteiger partial charge < -0.3 is 5.73 Å². The molecule has 0 saturated carbocycles. The first-order chi connectivity index (χ1) is 6.37. The zero-order valence-electron chi connectivity index (χ0n) is 6.38. The highest BCUT2D eigenvalue weighted by molar-refractivity contribution is 6.67. The van der Waals surface area contributed by atoms with Crippen molar-refractivity contribution >= 4 is 22.5 Å². The molecule has 1 aromatic rings. The molecule has 0 saturated heterocycles. The van der Waals surface area contributed by atoms with Crippen LogP contribution in [0.25, 0.3) is 0 Å². The predicted molar refractivity (Wildman–Crippen MR) is 40.9 cm³/mol. The van der Waals surface area contributed by atoms with E-state index < -0.39 is 39.8 Å². The van der Waals surface area contributed by atoms with Gasteiger partial charge in [-0.3, -0.25) is 4.79 Å². The first-order valence-corrected chi connectivity index (χ1v) is 3.57. The van der Waals surface area contributed by atoms with Gasteiger partial charge in [-0.2, -0.15) is 0 Å². The van der Waals surface area contributed by atoms with Gasteiger partial charge in [-0.25, -0.2) is 17.6 Å². The van der Waals surface area contributed by atoms with Gasteiger partial charge in [0, 0.05) is 0 Å². The highest BCUT2D eigenvalue weighted by Crippen LogP contribution is 2.26. The fourth-order valence-electron chi connectivity index (χ4n) is 0.821. The molecule has 1 aromatic carbocycles. The lowest BCUT2D eigenvalue weighted by atomic mass is 10.1. The van der Waals surface area contributed by atoms with E-state index in [-0.39, 0.29) is 0 Å². The van der Waals surface area contributed by atoms with Crippen LogP contribution in [0.15, 0.2) is 0 Å². The molecule has 0 unspecified atom stereocenters. The molecule has 0 heterocycles. The van der Waals surface area contributed by atoms with Gasteiger partial charge in [-0.05, 0) is 11.6 Å². The second-order valence-electron chi connectivity index (χ2n) is 2.32. The van der Waals surface area contributed by atoms with Crippen molar-refractivity contribution in [2.75, 3.05) is 5.73 Å². The van der Waals surface area contributed by atoms with E-state index in [9.17, 15) is 22.4 Å². The van der Waals surface area contributed by atoms with E-state index in [0.717, 1.165) is 0 Å². The van der Waals surface area contributed by atoms with Crippen LogP contribution in [0.5, 0.6) is 0 Å². The summed E-state index contributed by atoms with van der Waals surface area (Å²) in [7, 11) is 0. The molecule has 0 bridgehead atoms. The van der Waals surface area contributed by atoms with Crippen LogP contribution < -0.4 is 5.73 Å². The molecular formula is C7H2ClF4NO. The molecule has 0 aromatic heterocycles. The maximum atomic E-state index is 12.8. The number of halogens is 5. The van der Waals surface area contributed by atoms with Crippen LogP contribution >= 0.6 is 11.6 Å². The maximum absolute atomic E-state index is 12.8. The molecule has 7 heteroatoms. The number of carbonyl (C=O) groups is 1. The van der Waals surface area contributed by atoms with E-state index in [0.29, 0.717) is 0 Å². The molecule has 1 rings (SSSR count). The van der Waals surface area contributed by atoms with Gasteiger partial charge in [-0.1, -0.05) is 0 Å². The Bertz CT molecular complexity index is 392. The van der Waals surface area contributed by atoms with Gasteiger partial charge in [0.2, 0.25) is 0 Å². The van der Waals surface area contributed by atoms with E-state index in [1.807, 2.05) is 0 Å². The molecule has 0 aliphatic heterocycles. The lowest BCUT2D eigenvalue weighted by Crippen LogP contribution is -2.09. The number of nitrogens with two attached hydrogens (primary N) is 1. The summed E-state index contributed by atoms with van der Waals surface area (Å²) >= 11 is 4.72. The quantitative estimate of drug-likeness (QED) is 0.346. The van der Waals surface area contributed by atoms with Crippen molar-refractivity contribution in [2.24, 2.45) is 0 Å². The lowest BCUT2D eigenvalue weighted by Gasteiger charge is -2.05.